The van der Waals surface area contributed by atoms with Crippen molar-refractivity contribution < 1.29 is 17.7 Å². The summed E-state index contributed by atoms with van der Waals surface area (Å²) in [5.41, 5.74) is 2.10. The zero-order valence-electron chi connectivity index (χ0n) is 16.3. The largest absolute Gasteiger partial charge is 0.417 e. The van der Waals surface area contributed by atoms with Crippen molar-refractivity contribution in [1.29, 1.82) is 0 Å². The van der Waals surface area contributed by atoms with Crippen molar-refractivity contribution in [3.05, 3.63) is 59.8 Å². The number of benzene rings is 2. The lowest BCUT2D eigenvalue weighted by atomic mass is 9.90. The topological polar surface area (TPSA) is 54.7 Å². The molecule has 1 N–H and O–H groups in total. The number of halogens is 3. The van der Waals surface area contributed by atoms with E-state index in [1.807, 2.05) is 6.07 Å². The number of alkyl halides is 3. The maximum atomic E-state index is 13.4. The first-order valence-corrected chi connectivity index (χ1v) is 9.22. The predicted molar refractivity (Wildman–Crippen MR) is 105 cm³/mol. The van der Waals surface area contributed by atoms with Crippen molar-refractivity contribution in [3.63, 3.8) is 0 Å². The van der Waals surface area contributed by atoms with Gasteiger partial charge in [0.05, 0.1) is 22.3 Å². The van der Waals surface area contributed by atoms with Crippen molar-refractivity contribution in [3.8, 4) is 22.7 Å². The van der Waals surface area contributed by atoms with Crippen LogP contribution in [0.3, 0.4) is 0 Å². The molecule has 4 aromatic rings. The van der Waals surface area contributed by atoms with E-state index < -0.39 is 11.7 Å². The molecule has 7 heteroatoms. The van der Waals surface area contributed by atoms with Gasteiger partial charge in [-0.15, -0.1) is 0 Å². The molecule has 0 spiro atoms. The molecule has 0 radical (unpaired) electrons. The molecule has 29 heavy (non-hydrogen) atoms. The van der Waals surface area contributed by atoms with E-state index in [1.54, 1.807) is 24.3 Å². The van der Waals surface area contributed by atoms with Gasteiger partial charge in [-0.05, 0) is 41.2 Å². The van der Waals surface area contributed by atoms with Crippen LogP contribution in [0.5, 0.6) is 0 Å². The van der Waals surface area contributed by atoms with E-state index in [4.69, 9.17) is 4.52 Å². The quantitative estimate of drug-likeness (QED) is 0.428. The highest BCUT2D eigenvalue weighted by Gasteiger charge is 2.33. The number of H-pyrrole nitrogens is 1. The van der Waals surface area contributed by atoms with E-state index in [1.165, 1.54) is 12.1 Å². The molecule has 0 atom stereocenters. The number of imidazole rings is 1. The van der Waals surface area contributed by atoms with Crippen LogP contribution in [-0.2, 0) is 12.6 Å². The van der Waals surface area contributed by atoms with Gasteiger partial charge >= 0.3 is 6.18 Å². The first kappa shape index (κ1) is 19.2. The van der Waals surface area contributed by atoms with E-state index in [0.29, 0.717) is 28.2 Å². The summed E-state index contributed by atoms with van der Waals surface area (Å²) in [5, 5.41) is 4.09. The SMILES string of the molecule is CC(C)(C)Cc1cc(-c2nc3ccc(-c4ccccc4C(F)(F)F)cc3[nH]2)on1. The molecule has 4 nitrogen and oxygen atoms in total. The summed E-state index contributed by atoms with van der Waals surface area (Å²) in [4.78, 5) is 7.62. The van der Waals surface area contributed by atoms with Gasteiger partial charge < -0.3 is 9.51 Å². The molecule has 0 aliphatic rings. The van der Waals surface area contributed by atoms with E-state index in [2.05, 4.69) is 35.9 Å². The minimum Gasteiger partial charge on any atom is -0.353 e. The standard InChI is InChI=1S/C22H20F3N3O/c1-21(2,3)12-14-11-19(29-28-14)20-26-17-9-8-13(10-18(17)27-20)15-6-4-5-7-16(15)22(23,24)25/h4-11H,12H2,1-3H3,(H,26,27). The average Bonchev–Trinajstić information content (AvgIpc) is 3.25. The molecule has 0 aliphatic carbocycles. The zero-order chi connectivity index (χ0) is 20.8. The summed E-state index contributed by atoms with van der Waals surface area (Å²) >= 11 is 0. The van der Waals surface area contributed by atoms with Crippen LogP contribution in [0.15, 0.2) is 53.1 Å². The second kappa shape index (κ2) is 6.76. The van der Waals surface area contributed by atoms with Gasteiger partial charge in [-0.2, -0.15) is 13.2 Å². The van der Waals surface area contributed by atoms with Crippen LogP contribution in [0.4, 0.5) is 13.2 Å². The fourth-order valence-electron chi connectivity index (χ4n) is 3.33. The lowest BCUT2D eigenvalue weighted by molar-refractivity contribution is -0.137. The van der Waals surface area contributed by atoms with Gasteiger partial charge in [-0.3, -0.25) is 0 Å². The molecular weight excluding hydrogens is 379 g/mol. The number of aromatic nitrogens is 3. The molecular formula is C22H20F3N3O. The van der Waals surface area contributed by atoms with Crippen LogP contribution in [0.2, 0.25) is 0 Å². The Bertz CT molecular complexity index is 1170. The highest BCUT2D eigenvalue weighted by atomic mass is 19.4. The number of hydrogen-bond acceptors (Lipinski definition) is 3. The molecule has 2 heterocycles. The molecule has 0 saturated carbocycles. The lowest BCUT2D eigenvalue weighted by Crippen LogP contribution is -2.09. The molecule has 150 valence electrons. The van der Waals surface area contributed by atoms with Crippen LogP contribution in [0.1, 0.15) is 32.0 Å². The summed E-state index contributed by atoms with van der Waals surface area (Å²) in [6.45, 7) is 6.34. The highest BCUT2D eigenvalue weighted by molar-refractivity contribution is 5.84. The number of nitrogens with zero attached hydrogens (tertiary/aromatic N) is 2. The van der Waals surface area contributed by atoms with Gasteiger partial charge in [0.2, 0.25) is 5.76 Å². The average molecular weight is 399 g/mol. The van der Waals surface area contributed by atoms with Gasteiger partial charge in [0.15, 0.2) is 5.82 Å². The maximum Gasteiger partial charge on any atom is 0.417 e. The first-order chi connectivity index (χ1) is 13.6. The summed E-state index contributed by atoms with van der Waals surface area (Å²) in [6.07, 6.45) is -3.66. The number of fused-ring (bicyclic) bond motifs is 1. The van der Waals surface area contributed by atoms with Crippen LogP contribution in [0, 0.1) is 5.41 Å². The molecule has 0 bridgehead atoms. The van der Waals surface area contributed by atoms with Crippen LogP contribution < -0.4 is 0 Å². The summed E-state index contributed by atoms with van der Waals surface area (Å²) in [7, 11) is 0. The summed E-state index contributed by atoms with van der Waals surface area (Å²) in [6, 6.07) is 12.4. The monoisotopic (exact) mass is 399 g/mol. The first-order valence-electron chi connectivity index (χ1n) is 9.22. The van der Waals surface area contributed by atoms with Gasteiger partial charge in [0.1, 0.15) is 0 Å². The Labute approximate surface area is 165 Å². The Balaban J connectivity index is 1.71. The summed E-state index contributed by atoms with van der Waals surface area (Å²) < 4.78 is 45.5. The van der Waals surface area contributed by atoms with Crippen LogP contribution in [0.25, 0.3) is 33.7 Å². The van der Waals surface area contributed by atoms with E-state index in [-0.39, 0.29) is 11.0 Å². The summed E-state index contributed by atoms with van der Waals surface area (Å²) in [5.74, 6) is 0.992. The van der Waals surface area contributed by atoms with Gasteiger partial charge in [-0.1, -0.05) is 50.2 Å². The molecule has 0 saturated heterocycles. The van der Waals surface area contributed by atoms with Gasteiger partial charge in [-0.25, -0.2) is 4.98 Å². The number of hydrogen-bond donors (Lipinski definition) is 1. The molecule has 2 aromatic carbocycles. The van der Waals surface area contributed by atoms with Crippen molar-refractivity contribution in [2.45, 2.75) is 33.4 Å². The van der Waals surface area contributed by atoms with E-state index in [0.717, 1.165) is 18.2 Å². The minimum atomic E-state index is -4.42. The molecule has 0 aliphatic heterocycles. The molecule has 0 fully saturated rings. The van der Waals surface area contributed by atoms with E-state index in [9.17, 15) is 13.2 Å². The second-order valence-electron chi connectivity index (χ2n) is 8.28. The fourth-order valence-corrected chi connectivity index (χ4v) is 3.33. The molecule has 0 unspecified atom stereocenters. The third-order valence-electron chi connectivity index (χ3n) is 4.53. The number of aromatic amines is 1. The normalized spacial score (nSPS) is 12.6. The second-order valence-corrected chi connectivity index (χ2v) is 8.28. The van der Waals surface area contributed by atoms with Crippen molar-refractivity contribution in [2.75, 3.05) is 0 Å². The third-order valence-corrected chi connectivity index (χ3v) is 4.53. The van der Waals surface area contributed by atoms with Crippen LogP contribution in [-0.4, -0.2) is 15.1 Å². The molecule has 4 rings (SSSR count). The Morgan fingerprint density at radius 3 is 2.48 bits per heavy atom. The minimum absolute atomic E-state index is 0.0722. The number of nitrogens with one attached hydrogen (secondary N) is 1. The number of rotatable bonds is 3. The highest BCUT2D eigenvalue weighted by Crippen LogP contribution is 2.37. The van der Waals surface area contributed by atoms with E-state index >= 15 is 0 Å². The molecule has 0 amide bonds. The van der Waals surface area contributed by atoms with Crippen LogP contribution >= 0.6 is 0 Å². The Morgan fingerprint density at radius 2 is 1.76 bits per heavy atom. The predicted octanol–water partition coefficient (Wildman–Crippen LogP) is 6.49. The Hall–Kier alpha value is -3.09. The van der Waals surface area contributed by atoms with Gasteiger partial charge in [0, 0.05) is 6.07 Å². The van der Waals surface area contributed by atoms with Crippen molar-refractivity contribution in [1.82, 2.24) is 15.1 Å². The van der Waals surface area contributed by atoms with Gasteiger partial charge in [0.25, 0.3) is 0 Å². The maximum absolute atomic E-state index is 13.4. The van der Waals surface area contributed by atoms with Crippen molar-refractivity contribution >= 4 is 11.0 Å². The van der Waals surface area contributed by atoms with Crippen molar-refractivity contribution in [2.24, 2.45) is 5.41 Å². The fraction of sp³-hybridized carbons (Fsp3) is 0.273. The Kier molecular flexibility index (Phi) is 4.48. The lowest BCUT2D eigenvalue weighted by Gasteiger charge is -2.14. The zero-order valence-corrected chi connectivity index (χ0v) is 16.3. The smallest absolute Gasteiger partial charge is 0.353 e. The Morgan fingerprint density at radius 1 is 1.00 bits per heavy atom. The third kappa shape index (κ3) is 4.04. The molecule has 2 aromatic heterocycles.